The predicted octanol–water partition coefficient (Wildman–Crippen LogP) is 1.53. The molecule has 6 heteroatoms. The van der Waals surface area contributed by atoms with Crippen LogP contribution >= 0.6 is 11.6 Å². The fraction of sp³-hybridized carbons (Fsp3) is 0.538. The number of aromatic nitrogens is 1. The van der Waals surface area contributed by atoms with E-state index in [9.17, 15) is 4.79 Å². The number of carbonyl (C=O) groups excluding carboxylic acids is 1. The van der Waals surface area contributed by atoms with Crippen molar-refractivity contribution in [3.63, 3.8) is 0 Å². The van der Waals surface area contributed by atoms with Gasteiger partial charge in [-0.3, -0.25) is 4.79 Å². The summed E-state index contributed by atoms with van der Waals surface area (Å²) in [6, 6.07) is 1.96. The number of halogens is 1. The summed E-state index contributed by atoms with van der Waals surface area (Å²) < 4.78 is 0. The van der Waals surface area contributed by atoms with Gasteiger partial charge in [-0.2, -0.15) is 0 Å². The molecule has 3 N–H and O–H groups in total. The van der Waals surface area contributed by atoms with Gasteiger partial charge in [-0.1, -0.05) is 18.0 Å². The highest BCUT2D eigenvalue weighted by molar-refractivity contribution is 6.33. The van der Waals surface area contributed by atoms with Crippen molar-refractivity contribution in [2.24, 2.45) is 0 Å². The molecule has 1 saturated heterocycles. The molecule has 1 unspecified atom stereocenters. The molecule has 19 heavy (non-hydrogen) atoms. The van der Waals surface area contributed by atoms with Crippen LogP contribution in [0.2, 0.25) is 5.02 Å². The fourth-order valence-electron chi connectivity index (χ4n) is 2.29. The van der Waals surface area contributed by atoms with Crippen molar-refractivity contribution in [2.75, 3.05) is 25.9 Å². The normalized spacial score (nSPS) is 20.2. The number of nitrogens with two attached hydrogens (primary N) is 1. The average Bonchev–Trinajstić information content (AvgIpc) is 2.40. The number of nitrogen functional groups attached to an aromatic ring is 1. The minimum atomic E-state index is -0.159. The minimum Gasteiger partial charge on any atom is -0.382 e. The van der Waals surface area contributed by atoms with Crippen LogP contribution in [0.1, 0.15) is 29.6 Å². The molecule has 1 aliphatic rings. The Kier molecular flexibility index (Phi) is 4.61. The summed E-state index contributed by atoms with van der Waals surface area (Å²) in [5.74, 6) is 0.0820. The van der Waals surface area contributed by atoms with Crippen molar-refractivity contribution < 1.29 is 4.79 Å². The molecule has 5 nitrogen and oxygen atoms in total. The van der Waals surface area contributed by atoms with Gasteiger partial charge in [-0.25, -0.2) is 4.98 Å². The van der Waals surface area contributed by atoms with E-state index in [1.165, 1.54) is 19.0 Å². The van der Waals surface area contributed by atoms with Gasteiger partial charge in [0.05, 0.1) is 10.6 Å². The lowest BCUT2D eigenvalue weighted by Gasteiger charge is -2.32. The molecular weight excluding hydrogens is 264 g/mol. The second-order valence-electron chi connectivity index (χ2n) is 4.93. The van der Waals surface area contributed by atoms with Crippen LogP contribution in [0.3, 0.4) is 0 Å². The molecule has 1 aromatic rings. The summed E-state index contributed by atoms with van der Waals surface area (Å²) >= 11 is 5.85. The molecule has 1 aromatic heterocycles. The standard InChI is InChI=1S/C13H19ClN4O/c1-18-5-3-2-4-10(18)8-17-13(19)9-6-11(14)12(15)16-7-9/h6-7,10H,2-5,8H2,1H3,(H2,15,16)(H,17,19). The second kappa shape index (κ2) is 6.21. The number of piperidine rings is 1. The zero-order valence-electron chi connectivity index (χ0n) is 11.0. The molecule has 0 aromatic carbocycles. The van der Waals surface area contributed by atoms with E-state index in [0.717, 1.165) is 13.0 Å². The molecule has 0 radical (unpaired) electrons. The summed E-state index contributed by atoms with van der Waals surface area (Å²) in [6.07, 6.45) is 5.03. The van der Waals surface area contributed by atoms with E-state index in [1.807, 2.05) is 0 Å². The van der Waals surface area contributed by atoms with Crippen LogP contribution < -0.4 is 11.1 Å². The summed E-state index contributed by atoms with van der Waals surface area (Å²) in [5.41, 5.74) is 5.96. The van der Waals surface area contributed by atoms with Crippen LogP contribution in [0.25, 0.3) is 0 Å². The molecule has 0 spiro atoms. The van der Waals surface area contributed by atoms with Gasteiger partial charge in [-0.05, 0) is 32.5 Å². The number of anilines is 1. The number of likely N-dealkylation sites (N-methyl/N-ethyl adjacent to an activating group) is 1. The van der Waals surface area contributed by atoms with Crippen LogP contribution in [0, 0.1) is 0 Å². The number of likely N-dealkylation sites (tertiary alicyclic amines) is 1. The Morgan fingerprint density at radius 1 is 1.63 bits per heavy atom. The number of carbonyl (C=O) groups is 1. The molecule has 1 fully saturated rings. The average molecular weight is 283 g/mol. The maximum Gasteiger partial charge on any atom is 0.252 e. The zero-order valence-corrected chi connectivity index (χ0v) is 11.8. The second-order valence-corrected chi connectivity index (χ2v) is 5.34. The third kappa shape index (κ3) is 3.58. The van der Waals surface area contributed by atoms with Crippen molar-refractivity contribution in [1.29, 1.82) is 0 Å². The fourth-order valence-corrected chi connectivity index (χ4v) is 2.45. The lowest BCUT2D eigenvalue weighted by Crippen LogP contribution is -2.44. The van der Waals surface area contributed by atoms with E-state index in [-0.39, 0.29) is 11.7 Å². The molecule has 2 heterocycles. The Labute approximate surface area is 118 Å². The van der Waals surface area contributed by atoms with Crippen LogP contribution in [-0.4, -0.2) is 42.0 Å². The SMILES string of the molecule is CN1CCCCC1CNC(=O)c1cnc(N)c(Cl)c1. The molecule has 1 atom stereocenters. The van der Waals surface area contributed by atoms with Gasteiger partial charge in [0.15, 0.2) is 0 Å². The van der Waals surface area contributed by atoms with Crippen LogP contribution in [0.5, 0.6) is 0 Å². The number of amides is 1. The third-order valence-electron chi connectivity index (χ3n) is 3.55. The molecule has 1 aliphatic heterocycles. The number of hydrogen-bond acceptors (Lipinski definition) is 4. The van der Waals surface area contributed by atoms with Gasteiger partial charge in [-0.15, -0.1) is 0 Å². The van der Waals surface area contributed by atoms with E-state index in [1.54, 1.807) is 6.07 Å². The number of rotatable bonds is 3. The number of nitrogens with one attached hydrogen (secondary N) is 1. The molecule has 1 amide bonds. The smallest absolute Gasteiger partial charge is 0.252 e. The Morgan fingerprint density at radius 3 is 3.11 bits per heavy atom. The molecular formula is C13H19ClN4O. The summed E-state index contributed by atoms with van der Waals surface area (Å²) in [6.45, 7) is 1.74. The zero-order chi connectivity index (χ0) is 13.8. The number of pyridine rings is 1. The van der Waals surface area contributed by atoms with Crippen molar-refractivity contribution in [1.82, 2.24) is 15.2 Å². The van der Waals surface area contributed by atoms with Crippen LogP contribution in [0.15, 0.2) is 12.3 Å². The highest BCUT2D eigenvalue weighted by atomic mass is 35.5. The van der Waals surface area contributed by atoms with Crippen molar-refractivity contribution in [3.05, 3.63) is 22.8 Å². The van der Waals surface area contributed by atoms with Crippen molar-refractivity contribution in [3.8, 4) is 0 Å². The molecule has 0 saturated carbocycles. The number of hydrogen-bond donors (Lipinski definition) is 2. The monoisotopic (exact) mass is 282 g/mol. The molecule has 2 rings (SSSR count). The first-order chi connectivity index (χ1) is 9.08. The summed E-state index contributed by atoms with van der Waals surface area (Å²) in [5, 5.41) is 3.23. The topological polar surface area (TPSA) is 71.2 Å². The van der Waals surface area contributed by atoms with Crippen molar-refractivity contribution in [2.45, 2.75) is 25.3 Å². The van der Waals surface area contributed by atoms with Gasteiger partial charge in [0.1, 0.15) is 5.82 Å². The van der Waals surface area contributed by atoms with Gasteiger partial charge in [0.2, 0.25) is 0 Å². The van der Waals surface area contributed by atoms with Crippen molar-refractivity contribution >= 4 is 23.3 Å². The lowest BCUT2D eigenvalue weighted by molar-refractivity contribution is 0.0928. The van der Waals surface area contributed by atoms with Gasteiger partial charge in [0, 0.05) is 18.8 Å². The maximum atomic E-state index is 12.0. The van der Waals surface area contributed by atoms with E-state index in [2.05, 4.69) is 22.2 Å². The van der Waals surface area contributed by atoms with E-state index in [0.29, 0.717) is 23.2 Å². The first kappa shape index (κ1) is 14.1. The largest absolute Gasteiger partial charge is 0.382 e. The summed E-state index contributed by atoms with van der Waals surface area (Å²) in [4.78, 5) is 18.2. The predicted molar refractivity (Wildman–Crippen MR) is 76.3 cm³/mol. The summed E-state index contributed by atoms with van der Waals surface area (Å²) in [7, 11) is 2.09. The number of nitrogens with zero attached hydrogens (tertiary/aromatic N) is 2. The first-order valence-corrected chi connectivity index (χ1v) is 6.85. The highest BCUT2D eigenvalue weighted by Crippen LogP contribution is 2.17. The van der Waals surface area contributed by atoms with Crippen LogP contribution in [0.4, 0.5) is 5.82 Å². The Morgan fingerprint density at radius 2 is 2.42 bits per heavy atom. The van der Waals surface area contributed by atoms with Gasteiger partial charge < -0.3 is 16.0 Å². The Hall–Kier alpha value is -1.33. The van der Waals surface area contributed by atoms with Gasteiger partial charge in [0.25, 0.3) is 5.91 Å². The quantitative estimate of drug-likeness (QED) is 0.882. The Balaban J connectivity index is 1.91. The molecule has 104 valence electrons. The maximum absolute atomic E-state index is 12.0. The molecule has 0 aliphatic carbocycles. The van der Waals surface area contributed by atoms with E-state index in [4.69, 9.17) is 17.3 Å². The first-order valence-electron chi connectivity index (χ1n) is 6.47. The lowest BCUT2D eigenvalue weighted by atomic mass is 10.0. The highest BCUT2D eigenvalue weighted by Gasteiger charge is 2.19. The third-order valence-corrected chi connectivity index (χ3v) is 3.85. The minimum absolute atomic E-state index is 0.159. The molecule has 0 bridgehead atoms. The van der Waals surface area contributed by atoms with Gasteiger partial charge >= 0.3 is 0 Å². The van der Waals surface area contributed by atoms with E-state index < -0.39 is 0 Å². The van der Waals surface area contributed by atoms with E-state index >= 15 is 0 Å². The Bertz CT molecular complexity index is 466. The van der Waals surface area contributed by atoms with Crippen LogP contribution in [-0.2, 0) is 0 Å².